The molecule has 0 heterocycles. The summed E-state index contributed by atoms with van der Waals surface area (Å²) in [6.45, 7) is 5.69. The highest BCUT2D eigenvalue weighted by Gasteiger charge is 2.22. The summed E-state index contributed by atoms with van der Waals surface area (Å²) in [5.41, 5.74) is 2.33. The molecule has 0 radical (unpaired) electrons. The van der Waals surface area contributed by atoms with Gasteiger partial charge in [-0.1, -0.05) is 12.1 Å². The number of ether oxygens (including phenoxy) is 1. The number of carbonyl (C=O) groups excluding carboxylic acids is 1. The summed E-state index contributed by atoms with van der Waals surface area (Å²) in [4.78, 5) is 16.0. The summed E-state index contributed by atoms with van der Waals surface area (Å²) in [5, 5.41) is 9.36. The number of nitrogens with zero attached hydrogens (tertiary/aromatic N) is 1. The Balaban J connectivity index is 0.00000312. The zero-order chi connectivity index (χ0) is 17.4. The number of guanidine groups is 1. The van der Waals surface area contributed by atoms with Gasteiger partial charge in [-0.2, -0.15) is 0 Å². The highest BCUT2D eigenvalue weighted by atomic mass is 127. The third-order valence-electron chi connectivity index (χ3n) is 3.85. The largest absolute Gasteiger partial charge is 0.496 e. The number of aryl methyl sites for hydroxylation is 1. The van der Waals surface area contributed by atoms with Crippen LogP contribution in [-0.2, 0) is 11.2 Å². The van der Waals surface area contributed by atoms with Gasteiger partial charge in [0.1, 0.15) is 12.3 Å². The highest BCUT2D eigenvalue weighted by Crippen LogP contribution is 2.19. The Morgan fingerprint density at radius 3 is 2.72 bits per heavy atom. The van der Waals surface area contributed by atoms with Gasteiger partial charge in [0.05, 0.1) is 7.11 Å². The molecule has 0 aliphatic heterocycles. The van der Waals surface area contributed by atoms with Crippen molar-refractivity contribution in [1.82, 2.24) is 16.0 Å². The Bertz CT molecular complexity index is 588. The highest BCUT2D eigenvalue weighted by molar-refractivity contribution is 14.0. The van der Waals surface area contributed by atoms with E-state index in [0.29, 0.717) is 12.0 Å². The first-order valence-corrected chi connectivity index (χ1v) is 8.57. The summed E-state index contributed by atoms with van der Waals surface area (Å²) in [6, 6.07) is 6.60. The number of amides is 1. The fourth-order valence-corrected chi connectivity index (χ4v) is 2.34. The van der Waals surface area contributed by atoms with Crippen LogP contribution in [0.4, 0.5) is 0 Å². The van der Waals surface area contributed by atoms with Crippen molar-refractivity contribution in [2.75, 3.05) is 26.7 Å². The predicted molar refractivity (Wildman–Crippen MR) is 112 cm³/mol. The number of rotatable bonds is 8. The average molecular weight is 460 g/mol. The lowest BCUT2D eigenvalue weighted by molar-refractivity contribution is -0.119. The zero-order valence-electron chi connectivity index (χ0n) is 15.2. The van der Waals surface area contributed by atoms with Crippen molar-refractivity contribution < 1.29 is 9.53 Å². The molecule has 0 atom stereocenters. The predicted octanol–water partition coefficient (Wildman–Crippen LogP) is 2.00. The molecular weight excluding hydrogens is 431 g/mol. The number of aliphatic imine (C=N–C) groups is 1. The molecule has 2 rings (SSSR count). The standard InChI is InChI=1S/C18H28N4O2.HI/c1-4-19-18(21-12-17(23)22-15-7-8-15)20-10-9-14-6-5-13(2)16(11-14)24-3;/h5-6,11,15H,4,7-10,12H2,1-3H3,(H,22,23)(H2,19,20,21);1H. The lowest BCUT2D eigenvalue weighted by atomic mass is 10.1. The van der Waals surface area contributed by atoms with Crippen LogP contribution in [0.3, 0.4) is 0 Å². The van der Waals surface area contributed by atoms with E-state index in [-0.39, 0.29) is 36.4 Å². The molecule has 0 spiro atoms. The van der Waals surface area contributed by atoms with Crippen LogP contribution in [0.1, 0.15) is 30.9 Å². The van der Waals surface area contributed by atoms with E-state index in [4.69, 9.17) is 4.74 Å². The number of halogens is 1. The van der Waals surface area contributed by atoms with E-state index >= 15 is 0 Å². The molecule has 1 aromatic carbocycles. The Hall–Kier alpha value is -1.51. The first-order chi connectivity index (χ1) is 11.6. The Kier molecular flexibility index (Phi) is 9.62. The summed E-state index contributed by atoms with van der Waals surface area (Å²) in [7, 11) is 1.69. The average Bonchev–Trinajstić information content (AvgIpc) is 3.38. The van der Waals surface area contributed by atoms with Crippen molar-refractivity contribution >= 4 is 35.8 Å². The summed E-state index contributed by atoms with van der Waals surface area (Å²) < 4.78 is 5.35. The van der Waals surface area contributed by atoms with Crippen LogP contribution in [0.2, 0.25) is 0 Å². The van der Waals surface area contributed by atoms with Gasteiger partial charge in [0.25, 0.3) is 0 Å². The minimum Gasteiger partial charge on any atom is -0.496 e. The van der Waals surface area contributed by atoms with E-state index in [1.54, 1.807) is 7.11 Å². The van der Waals surface area contributed by atoms with Gasteiger partial charge in [0.2, 0.25) is 5.91 Å². The molecule has 7 heteroatoms. The van der Waals surface area contributed by atoms with Gasteiger partial charge >= 0.3 is 0 Å². The van der Waals surface area contributed by atoms with E-state index in [0.717, 1.165) is 43.7 Å². The molecule has 1 amide bonds. The molecule has 3 N–H and O–H groups in total. The van der Waals surface area contributed by atoms with Crippen molar-refractivity contribution in [2.45, 2.75) is 39.2 Å². The summed E-state index contributed by atoms with van der Waals surface area (Å²) >= 11 is 0. The van der Waals surface area contributed by atoms with Crippen LogP contribution in [0.25, 0.3) is 0 Å². The smallest absolute Gasteiger partial charge is 0.242 e. The maximum atomic E-state index is 11.7. The van der Waals surface area contributed by atoms with Crippen LogP contribution in [0.5, 0.6) is 5.75 Å². The second-order valence-electron chi connectivity index (χ2n) is 6.02. The molecule has 1 aliphatic rings. The normalized spacial score (nSPS) is 13.6. The molecule has 0 bridgehead atoms. The van der Waals surface area contributed by atoms with E-state index in [1.807, 2.05) is 13.8 Å². The van der Waals surface area contributed by atoms with Crippen molar-refractivity contribution in [3.05, 3.63) is 29.3 Å². The quantitative estimate of drug-likeness (QED) is 0.315. The van der Waals surface area contributed by atoms with Crippen molar-refractivity contribution in [3.63, 3.8) is 0 Å². The Morgan fingerprint density at radius 2 is 2.08 bits per heavy atom. The lowest BCUT2D eigenvalue weighted by Crippen LogP contribution is -2.39. The molecule has 140 valence electrons. The zero-order valence-corrected chi connectivity index (χ0v) is 17.6. The van der Waals surface area contributed by atoms with Gasteiger partial charge in [-0.05, 0) is 50.3 Å². The van der Waals surface area contributed by atoms with Crippen LogP contribution in [0, 0.1) is 6.92 Å². The Labute approximate surface area is 167 Å². The molecule has 6 nitrogen and oxygen atoms in total. The van der Waals surface area contributed by atoms with Gasteiger partial charge in [-0.15, -0.1) is 24.0 Å². The van der Waals surface area contributed by atoms with Gasteiger partial charge in [0.15, 0.2) is 5.96 Å². The second-order valence-corrected chi connectivity index (χ2v) is 6.02. The molecule has 1 aliphatic carbocycles. The fraction of sp³-hybridized carbons (Fsp3) is 0.556. The van der Waals surface area contributed by atoms with Crippen LogP contribution in [0.15, 0.2) is 23.2 Å². The molecule has 1 saturated carbocycles. The van der Waals surface area contributed by atoms with Gasteiger partial charge in [-0.25, -0.2) is 4.99 Å². The van der Waals surface area contributed by atoms with E-state index in [2.05, 4.69) is 39.1 Å². The molecule has 0 aromatic heterocycles. The number of nitrogens with one attached hydrogen (secondary N) is 3. The van der Waals surface area contributed by atoms with Gasteiger partial charge in [0, 0.05) is 19.1 Å². The number of carbonyl (C=O) groups is 1. The van der Waals surface area contributed by atoms with Crippen molar-refractivity contribution in [2.24, 2.45) is 4.99 Å². The third-order valence-corrected chi connectivity index (χ3v) is 3.85. The van der Waals surface area contributed by atoms with Gasteiger partial charge in [-0.3, -0.25) is 4.79 Å². The third kappa shape index (κ3) is 7.94. The second kappa shape index (κ2) is 11.2. The Morgan fingerprint density at radius 1 is 1.32 bits per heavy atom. The first kappa shape index (κ1) is 21.5. The van der Waals surface area contributed by atoms with Gasteiger partial charge < -0.3 is 20.7 Å². The molecule has 25 heavy (non-hydrogen) atoms. The number of hydrogen-bond acceptors (Lipinski definition) is 3. The van der Waals surface area contributed by atoms with E-state index in [9.17, 15) is 4.79 Å². The number of hydrogen-bond donors (Lipinski definition) is 3. The topological polar surface area (TPSA) is 74.8 Å². The monoisotopic (exact) mass is 460 g/mol. The molecule has 0 unspecified atom stereocenters. The first-order valence-electron chi connectivity index (χ1n) is 8.57. The lowest BCUT2D eigenvalue weighted by Gasteiger charge is -2.12. The van der Waals surface area contributed by atoms with Crippen molar-refractivity contribution in [3.8, 4) is 5.75 Å². The fourth-order valence-electron chi connectivity index (χ4n) is 2.34. The summed E-state index contributed by atoms with van der Waals surface area (Å²) in [5.74, 6) is 1.56. The van der Waals surface area contributed by atoms with Crippen LogP contribution in [-0.4, -0.2) is 44.7 Å². The maximum absolute atomic E-state index is 11.7. The minimum atomic E-state index is -0.0158. The van der Waals surface area contributed by atoms with E-state index in [1.165, 1.54) is 5.56 Å². The minimum absolute atomic E-state index is 0. The van der Waals surface area contributed by atoms with Crippen molar-refractivity contribution in [1.29, 1.82) is 0 Å². The summed E-state index contributed by atoms with van der Waals surface area (Å²) in [6.07, 6.45) is 3.04. The molecular formula is C18H29IN4O2. The molecule has 1 aromatic rings. The number of methoxy groups -OCH3 is 1. The van der Waals surface area contributed by atoms with E-state index < -0.39 is 0 Å². The maximum Gasteiger partial charge on any atom is 0.242 e. The van der Waals surface area contributed by atoms with Crippen LogP contribution >= 0.6 is 24.0 Å². The molecule has 1 fully saturated rings. The number of benzene rings is 1. The van der Waals surface area contributed by atoms with Crippen LogP contribution < -0.4 is 20.7 Å². The molecule has 0 saturated heterocycles. The SMILES string of the molecule is CCNC(=NCC(=O)NC1CC1)NCCc1ccc(C)c(OC)c1.I.